The van der Waals surface area contributed by atoms with Crippen molar-refractivity contribution in [1.29, 1.82) is 0 Å². The maximum absolute atomic E-state index is 10.9. The summed E-state index contributed by atoms with van der Waals surface area (Å²) in [5.41, 5.74) is 0. The Labute approximate surface area is 123 Å². The SMILES string of the molecule is CCC1(CCl)CSC2(CCCC(CC(=O)O)C2)S1. The van der Waals surface area contributed by atoms with Gasteiger partial charge in [-0.3, -0.25) is 4.79 Å². The standard InChI is InChI=1S/C13H21ClO2S2/c1-2-12(8-14)9-17-13(18-12)5-3-4-10(7-13)6-11(15)16/h10H,2-9H2,1H3,(H,15,16). The van der Waals surface area contributed by atoms with E-state index in [0.717, 1.165) is 25.0 Å². The number of aliphatic carboxylic acids is 1. The van der Waals surface area contributed by atoms with Gasteiger partial charge in [0, 0.05) is 22.8 Å². The predicted molar refractivity (Wildman–Crippen MR) is 80.7 cm³/mol. The zero-order chi connectivity index (χ0) is 13.2. The Kier molecular flexibility index (Phi) is 4.82. The third-order valence-electron chi connectivity index (χ3n) is 4.12. The van der Waals surface area contributed by atoms with Crippen LogP contribution in [0.5, 0.6) is 0 Å². The Morgan fingerprint density at radius 2 is 2.33 bits per heavy atom. The molecule has 2 aliphatic rings. The summed E-state index contributed by atoms with van der Waals surface area (Å²) in [6.45, 7) is 2.21. The highest BCUT2D eigenvalue weighted by molar-refractivity contribution is 8.22. The maximum Gasteiger partial charge on any atom is 0.303 e. The van der Waals surface area contributed by atoms with Crippen molar-refractivity contribution >= 4 is 41.1 Å². The first-order valence-corrected chi connectivity index (χ1v) is 8.99. The van der Waals surface area contributed by atoms with E-state index < -0.39 is 5.97 Å². The molecule has 1 saturated heterocycles. The van der Waals surface area contributed by atoms with Crippen LogP contribution < -0.4 is 0 Å². The second-order valence-electron chi connectivity index (χ2n) is 5.53. The fourth-order valence-electron chi connectivity index (χ4n) is 3.00. The molecule has 5 heteroatoms. The number of thioether (sulfide) groups is 2. The van der Waals surface area contributed by atoms with Gasteiger partial charge < -0.3 is 5.11 Å². The van der Waals surface area contributed by atoms with E-state index in [4.69, 9.17) is 16.7 Å². The van der Waals surface area contributed by atoms with Crippen LogP contribution in [0.15, 0.2) is 0 Å². The minimum absolute atomic E-state index is 0.220. The zero-order valence-corrected chi connectivity index (χ0v) is 13.2. The molecule has 18 heavy (non-hydrogen) atoms. The lowest BCUT2D eigenvalue weighted by molar-refractivity contribution is -0.138. The summed E-state index contributed by atoms with van der Waals surface area (Å²) in [6, 6.07) is 0. The molecule has 0 aromatic carbocycles. The molecule has 3 unspecified atom stereocenters. The number of rotatable bonds is 4. The smallest absolute Gasteiger partial charge is 0.303 e. The predicted octanol–water partition coefficient (Wildman–Crippen LogP) is 4.22. The fraction of sp³-hybridized carbons (Fsp3) is 0.923. The van der Waals surface area contributed by atoms with Crippen LogP contribution in [-0.4, -0.2) is 31.5 Å². The van der Waals surface area contributed by atoms with Crippen molar-refractivity contribution in [1.82, 2.24) is 0 Å². The first-order valence-electron chi connectivity index (χ1n) is 6.65. The molecule has 2 rings (SSSR count). The van der Waals surface area contributed by atoms with E-state index >= 15 is 0 Å². The van der Waals surface area contributed by atoms with Crippen molar-refractivity contribution in [3.05, 3.63) is 0 Å². The summed E-state index contributed by atoms with van der Waals surface area (Å²) in [5, 5.41) is 8.96. The van der Waals surface area contributed by atoms with E-state index in [9.17, 15) is 4.79 Å². The van der Waals surface area contributed by atoms with Gasteiger partial charge in [-0.05, 0) is 31.6 Å². The second-order valence-corrected chi connectivity index (χ2v) is 9.27. The summed E-state index contributed by atoms with van der Waals surface area (Å²) in [5.74, 6) is 1.55. The number of halogens is 1. The Hall–Kier alpha value is 0.460. The van der Waals surface area contributed by atoms with Crippen molar-refractivity contribution in [3.8, 4) is 0 Å². The average molecular weight is 309 g/mol. The molecule has 1 N–H and O–H groups in total. The van der Waals surface area contributed by atoms with Crippen LogP contribution in [-0.2, 0) is 4.79 Å². The zero-order valence-electron chi connectivity index (χ0n) is 10.8. The van der Waals surface area contributed by atoms with Crippen molar-refractivity contribution in [3.63, 3.8) is 0 Å². The van der Waals surface area contributed by atoms with Crippen LogP contribution in [0, 0.1) is 5.92 Å². The van der Waals surface area contributed by atoms with Gasteiger partial charge in [-0.2, -0.15) is 0 Å². The van der Waals surface area contributed by atoms with E-state index in [1.165, 1.54) is 12.8 Å². The quantitative estimate of drug-likeness (QED) is 0.789. The van der Waals surface area contributed by atoms with Gasteiger partial charge in [-0.15, -0.1) is 35.1 Å². The average Bonchev–Trinajstić information content (AvgIpc) is 2.68. The molecule has 0 amide bonds. The van der Waals surface area contributed by atoms with Gasteiger partial charge in [0.1, 0.15) is 0 Å². The molecule has 0 aromatic heterocycles. The van der Waals surface area contributed by atoms with Gasteiger partial charge >= 0.3 is 5.97 Å². The van der Waals surface area contributed by atoms with Gasteiger partial charge in [0.05, 0.1) is 4.08 Å². The lowest BCUT2D eigenvalue weighted by Crippen LogP contribution is -2.31. The van der Waals surface area contributed by atoms with Gasteiger partial charge in [-0.1, -0.05) is 13.3 Å². The molecule has 1 aliphatic carbocycles. The summed E-state index contributed by atoms with van der Waals surface area (Å²) < 4.78 is 0.473. The van der Waals surface area contributed by atoms with Crippen LogP contribution in [0.4, 0.5) is 0 Å². The molecule has 1 spiro atoms. The minimum atomic E-state index is -0.649. The van der Waals surface area contributed by atoms with E-state index in [0.29, 0.717) is 18.2 Å². The summed E-state index contributed by atoms with van der Waals surface area (Å²) >= 11 is 10.2. The van der Waals surface area contributed by atoms with E-state index in [1.807, 2.05) is 11.8 Å². The second kappa shape index (κ2) is 5.84. The third kappa shape index (κ3) is 3.13. The summed E-state index contributed by atoms with van der Waals surface area (Å²) in [6.07, 6.45) is 5.96. The molecule has 2 fully saturated rings. The Morgan fingerprint density at radius 1 is 1.56 bits per heavy atom. The van der Waals surface area contributed by atoms with Crippen LogP contribution in [0.2, 0.25) is 0 Å². The Bertz CT molecular complexity index is 320. The number of alkyl halides is 1. The molecule has 3 atom stereocenters. The lowest BCUT2D eigenvalue weighted by Gasteiger charge is -2.38. The lowest BCUT2D eigenvalue weighted by atomic mass is 9.86. The molecule has 0 radical (unpaired) electrons. The molecule has 1 heterocycles. The van der Waals surface area contributed by atoms with Crippen molar-refractivity contribution in [2.24, 2.45) is 5.92 Å². The van der Waals surface area contributed by atoms with E-state index in [1.54, 1.807) is 0 Å². The number of carbonyl (C=O) groups is 1. The highest BCUT2D eigenvalue weighted by Crippen LogP contribution is 2.62. The van der Waals surface area contributed by atoms with Crippen LogP contribution in [0.1, 0.15) is 45.4 Å². The highest BCUT2D eigenvalue weighted by atomic mass is 35.5. The van der Waals surface area contributed by atoms with Crippen molar-refractivity contribution in [2.45, 2.75) is 54.3 Å². The Morgan fingerprint density at radius 3 is 2.89 bits per heavy atom. The Balaban J connectivity index is 2.02. The summed E-state index contributed by atoms with van der Waals surface area (Å²) in [4.78, 5) is 10.9. The van der Waals surface area contributed by atoms with Crippen LogP contribution >= 0.6 is 35.1 Å². The van der Waals surface area contributed by atoms with E-state index in [2.05, 4.69) is 18.7 Å². The maximum atomic E-state index is 10.9. The molecule has 104 valence electrons. The third-order valence-corrected chi connectivity index (χ3v) is 8.92. The molecule has 0 bridgehead atoms. The monoisotopic (exact) mass is 308 g/mol. The molecule has 1 aliphatic heterocycles. The van der Waals surface area contributed by atoms with Gasteiger partial charge in [0.25, 0.3) is 0 Å². The molecule has 2 nitrogen and oxygen atoms in total. The van der Waals surface area contributed by atoms with Gasteiger partial charge in [0.2, 0.25) is 0 Å². The van der Waals surface area contributed by atoms with Gasteiger partial charge in [-0.25, -0.2) is 0 Å². The number of carboxylic acids is 1. The minimum Gasteiger partial charge on any atom is -0.481 e. The topological polar surface area (TPSA) is 37.3 Å². The molecule has 0 aromatic rings. The normalized spacial score (nSPS) is 40.2. The molecular weight excluding hydrogens is 288 g/mol. The van der Waals surface area contributed by atoms with Crippen molar-refractivity contribution in [2.75, 3.05) is 11.6 Å². The number of hydrogen-bond acceptors (Lipinski definition) is 3. The van der Waals surface area contributed by atoms with Crippen LogP contribution in [0.25, 0.3) is 0 Å². The summed E-state index contributed by atoms with van der Waals surface area (Å²) in [7, 11) is 0. The van der Waals surface area contributed by atoms with Crippen LogP contribution in [0.3, 0.4) is 0 Å². The first kappa shape index (κ1) is 14.9. The highest BCUT2D eigenvalue weighted by Gasteiger charge is 2.50. The largest absolute Gasteiger partial charge is 0.481 e. The molecule has 1 saturated carbocycles. The van der Waals surface area contributed by atoms with Crippen molar-refractivity contribution < 1.29 is 9.90 Å². The number of hydrogen-bond donors (Lipinski definition) is 1. The van der Waals surface area contributed by atoms with E-state index in [-0.39, 0.29) is 8.83 Å². The number of carboxylic acid groups (broad SMARTS) is 1. The van der Waals surface area contributed by atoms with Gasteiger partial charge in [0.15, 0.2) is 0 Å². The fourth-order valence-corrected chi connectivity index (χ4v) is 7.94. The molecular formula is C13H21ClO2S2. The first-order chi connectivity index (χ1) is 8.53.